The summed E-state index contributed by atoms with van der Waals surface area (Å²) in [6, 6.07) is 11.0. The molecule has 1 heterocycles. The number of carboxylic acid groups (broad SMARTS) is 1. The van der Waals surface area contributed by atoms with E-state index >= 15 is 0 Å². The molecule has 3 aromatic rings. The number of benzene rings is 2. The van der Waals surface area contributed by atoms with E-state index in [0.29, 0.717) is 22.5 Å². The Morgan fingerprint density at radius 3 is 2.59 bits per heavy atom. The lowest BCUT2D eigenvalue weighted by Crippen LogP contribution is -2.06. The van der Waals surface area contributed by atoms with Gasteiger partial charge in [0.15, 0.2) is 0 Å². The minimum atomic E-state index is -1.14. The van der Waals surface area contributed by atoms with Crippen molar-refractivity contribution >= 4 is 28.5 Å². The molecule has 0 aliphatic heterocycles. The first-order valence-electron chi connectivity index (χ1n) is 6.27. The third-order valence-corrected chi connectivity index (χ3v) is 3.09. The Hall–Kier alpha value is -3.42. The van der Waals surface area contributed by atoms with Gasteiger partial charge in [0.05, 0.1) is 16.0 Å². The third-order valence-electron chi connectivity index (χ3n) is 3.09. The number of amides is 1. The van der Waals surface area contributed by atoms with E-state index in [-0.39, 0.29) is 5.69 Å². The summed E-state index contributed by atoms with van der Waals surface area (Å²) >= 11 is 0. The van der Waals surface area contributed by atoms with E-state index in [1.807, 2.05) is 0 Å². The molecule has 1 aromatic heterocycles. The maximum atomic E-state index is 10.8. The van der Waals surface area contributed by atoms with Crippen LogP contribution in [0.4, 0.5) is 16.2 Å². The van der Waals surface area contributed by atoms with Crippen LogP contribution in [0.5, 0.6) is 0 Å². The second-order valence-electron chi connectivity index (χ2n) is 4.55. The lowest BCUT2D eigenvalue weighted by molar-refractivity contribution is -0.384. The van der Waals surface area contributed by atoms with Crippen molar-refractivity contribution < 1.29 is 14.8 Å². The van der Waals surface area contributed by atoms with Gasteiger partial charge in [0.2, 0.25) is 0 Å². The number of nitro groups is 1. The van der Waals surface area contributed by atoms with E-state index in [2.05, 4.69) is 15.3 Å². The molecule has 0 radical (unpaired) electrons. The first kappa shape index (κ1) is 13.6. The van der Waals surface area contributed by atoms with Crippen LogP contribution < -0.4 is 5.32 Å². The highest BCUT2D eigenvalue weighted by Gasteiger charge is 2.10. The van der Waals surface area contributed by atoms with Crippen molar-refractivity contribution in [2.45, 2.75) is 0 Å². The van der Waals surface area contributed by atoms with Crippen LogP contribution in [0.2, 0.25) is 0 Å². The van der Waals surface area contributed by atoms with Crippen LogP contribution in [0.25, 0.3) is 22.4 Å². The van der Waals surface area contributed by atoms with Crippen LogP contribution in [0.15, 0.2) is 42.5 Å². The summed E-state index contributed by atoms with van der Waals surface area (Å²) in [7, 11) is 0. The lowest BCUT2D eigenvalue weighted by Gasteiger charge is -2.01. The molecule has 8 nitrogen and oxygen atoms in total. The Bertz CT molecular complexity index is 870. The quantitative estimate of drug-likeness (QED) is 0.506. The Morgan fingerprint density at radius 1 is 1.23 bits per heavy atom. The number of hydrogen-bond donors (Lipinski definition) is 3. The van der Waals surface area contributed by atoms with Crippen molar-refractivity contribution in [3.8, 4) is 11.4 Å². The summed E-state index contributed by atoms with van der Waals surface area (Å²) in [6.45, 7) is 0. The number of anilines is 1. The molecule has 3 rings (SSSR count). The molecule has 0 saturated heterocycles. The molecule has 2 aromatic carbocycles. The fourth-order valence-electron chi connectivity index (χ4n) is 2.08. The number of hydrogen-bond acceptors (Lipinski definition) is 4. The predicted octanol–water partition coefficient (Wildman–Crippen LogP) is 3.23. The number of nitro benzene ring substituents is 1. The van der Waals surface area contributed by atoms with E-state index in [1.54, 1.807) is 30.3 Å². The van der Waals surface area contributed by atoms with E-state index in [9.17, 15) is 14.9 Å². The van der Waals surface area contributed by atoms with Crippen molar-refractivity contribution in [3.63, 3.8) is 0 Å². The average molecular weight is 298 g/mol. The fraction of sp³-hybridized carbons (Fsp3) is 0. The van der Waals surface area contributed by atoms with Gasteiger partial charge in [-0.3, -0.25) is 15.4 Å². The smallest absolute Gasteiger partial charge is 0.409 e. The minimum Gasteiger partial charge on any atom is -0.465 e. The molecule has 0 aliphatic rings. The van der Waals surface area contributed by atoms with Gasteiger partial charge in [0.1, 0.15) is 5.82 Å². The lowest BCUT2D eigenvalue weighted by atomic mass is 10.2. The normalized spacial score (nSPS) is 10.5. The maximum Gasteiger partial charge on any atom is 0.409 e. The van der Waals surface area contributed by atoms with Crippen LogP contribution in [0, 0.1) is 10.1 Å². The van der Waals surface area contributed by atoms with E-state index < -0.39 is 11.0 Å². The molecule has 0 spiro atoms. The molecule has 0 aliphatic carbocycles. The first-order valence-corrected chi connectivity index (χ1v) is 6.27. The number of rotatable bonds is 3. The van der Waals surface area contributed by atoms with Gasteiger partial charge in [-0.2, -0.15) is 0 Å². The Kier molecular flexibility index (Phi) is 3.18. The highest BCUT2D eigenvalue weighted by Crippen LogP contribution is 2.24. The van der Waals surface area contributed by atoms with Crippen molar-refractivity contribution in [3.05, 3.63) is 52.6 Å². The molecular formula is C14H10N4O4. The van der Waals surface area contributed by atoms with Gasteiger partial charge < -0.3 is 10.1 Å². The summed E-state index contributed by atoms with van der Waals surface area (Å²) in [5.74, 6) is 0.553. The molecule has 22 heavy (non-hydrogen) atoms. The van der Waals surface area contributed by atoms with Crippen LogP contribution in [-0.4, -0.2) is 26.1 Å². The van der Waals surface area contributed by atoms with E-state index in [0.717, 1.165) is 5.56 Å². The van der Waals surface area contributed by atoms with Gasteiger partial charge >= 0.3 is 6.09 Å². The Labute approximate surface area is 123 Å². The number of carbonyl (C=O) groups is 1. The van der Waals surface area contributed by atoms with Crippen LogP contribution in [0.3, 0.4) is 0 Å². The molecule has 0 unspecified atom stereocenters. The number of aromatic nitrogens is 2. The molecular weight excluding hydrogens is 288 g/mol. The largest absolute Gasteiger partial charge is 0.465 e. The van der Waals surface area contributed by atoms with Gasteiger partial charge in [0.25, 0.3) is 5.69 Å². The molecule has 110 valence electrons. The third kappa shape index (κ3) is 2.57. The molecule has 0 atom stereocenters. The number of nitrogens with zero attached hydrogens (tertiary/aromatic N) is 2. The zero-order valence-corrected chi connectivity index (χ0v) is 11.1. The van der Waals surface area contributed by atoms with Crippen molar-refractivity contribution in [2.24, 2.45) is 0 Å². The zero-order valence-electron chi connectivity index (χ0n) is 11.1. The fourth-order valence-corrected chi connectivity index (χ4v) is 2.08. The van der Waals surface area contributed by atoms with Crippen molar-refractivity contribution in [1.29, 1.82) is 0 Å². The highest BCUT2D eigenvalue weighted by atomic mass is 16.6. The SMILES string of the molecule is O=C(O)Nc1ccc(-c2nc3ccc([N+](=O)[O-])cc3[nH]2)cc1. The molecule has 1 amide bonds. The predicted molar refractivity (Wildman–Crippen MR) is 79.8 cm³/mol. The number of fused-ring (bicyclic) bond motifs is 1. The second kappa shape index (κ2) is 5.17. The van der Waals surface area contributed by atoms with Crippen molar-refractivity contribution in [2.75, 3.05) is 5.32 Å². The number of non-ortho nitro benzene ring substituents is 1. The highest BCUT2D eigenvalue weighted by molar-refractivity contribution is 5.84. The molecule has 0 bridgehead atoms. The van der Waals surface area contributed by atoms with Gasteiger partial charge in [-0.05, 0) is 30.3 Å². The summed E-state index contributed by atoms with van der Waals surface area (Å²) in [5, 5.41) is 21.6. The standard InChI is InChI=1S/C14H10N4O4/c19-14(20)15-9-3-1-8(2-4-9)13-16-11-6-5-10(18(21)22)7-12(11)17-13/h1-7,15H,(H,16,17)(H,19,20). The summed E-state index contributed by atoms with van der Waals surface area (Å²) < 4.78 is 0. The van der Waals surface area contributed by atoms with Gasteiger partial charge in [-0.15, -0.1) is 0 Å². The van der Waals surface area contributed by atoms with Crippen LogP contribution in [0.1, 0.15) is 0 Å². The van der Waals surface area contributed by atoms with E-state index in [1.165, 1.54) is 12.1 Å². The number of H-pyrrole nitrogens is 1. The number of aromatic amines is 1. The molecule has 0 fully saturated rings. The molecule has 3 N–H and O–H groups in total. The summed E-state index contributed by atoms with van der Waals surface area (Å²) in [4.78, 5) is 28.2. The Balaban J connectivity index is 1.95. The number of nitrogens with one attached hydrogen (secondary N) is 2. The second-order valence-corrected chi connectivity index (χ2v) is 4.55. The van der Waals surface area contributed by atoms with Gasteiger partial charge in [-0.1, -0.05) is 0 Å². The Morgan fingerprint density at radius 2 is 1.95 bits per heavy atom. The summed E-state index contributed by atoms with van der Waals surface area (Å²) in [5.41, 5.74) is 2.37. The average Bonchev–Trinajstić information content (AvgIpc) is 2.90. The van der Waals surface area contributed by atoms with Crippen molar-refractivity contribution in [1.82, 2.24) is 9.97 Å². The molecule has 0 saturated carbocycles. The zero-order chi connectivity index (χ0) is 15.7. The summed E-state index contributed by atoms with van der Waals surface area (Å²) in [6.07, 6.45) is -1.14. The minimum absolute atomic E-state index is 0.0105. The van der Waals surface area contributed by atoms with Crippen LogP contribution >= 0.6 is 0 Å². The van der Waals surface area contributed by atoms with Crippen LogP contribution in [-0.2, 0) is 0 Å². The molecule has 8 heteroatoms. The van der Waals surface area contributed by atoms with Gasteiger partial charge in [-0.25, -0.2) is 9.78 Å². The topological polar surface area (TPSA) is 121 Å². The number of imidazole rings is 1. The maximum absolute atomic E-state index is 10.8. The van der Waals surface area contributed by atoms with Gasteiger partial charge in [0, 0.05) is 23.4 Å². The first-order chi connectivity index (χ1) is 10.5. The monoisotopic (exact) mass is 298 g/mol. The van der Waals surface area contributed by atoms with E-state index in [4.69, 9.17) is 5.11 Å².